The molecule has 0 unspecified atom stereocenters. The molecule has 5 heteroatoms. The Morgan fingerprint density at radius 2 is 2.46 bits per heavy atom. The van der Waals surface area contributed by atoms with Crippen molar-refractivity contribution in [1.29, 1.82) is 0 Å². The van der Waals surface area contributed by atoms with Gasteiger partial charge in [-0.1, -0.05) is 0 Å². The number of aliphatic hydroxyl groups is 1. The van der Waals surface area contributed by atoms with E-state index in [0.29, 0.717) is 5.69 Å². The van der Waals surface area contributed by atoms with Gasteiger partial charge < -0.3 is 9.67 Å². The number of rotatable bonds is 2. The van der Waals surface area contributed by atoms with Crippen molar-refractivity contribution in [3.05, 3.63) is 23.6 Å². The van der Waals surface area contributed by atoms with Crippen LogP contribution in [0.3, 0.4) is 0 Å². The normalized spacial score (nSPS) is 10.6. The van der Waals surface area contributed by atoms with Gasteiger partial charge in [0, 0.05) is 18.6 Å². The van der Waals surface area contributed by atoms with Gasteiger partial charge in [-0.05, 0) is 0 Å². The van der Waals surface area contributed by atoms with Crippen molar-refractivity contribution in [2.75, 3.05) is 0 Å². The fourth-order valence-corrected chi connectivity index (χ4v) is 1.79. The van der Waals surface area contributed by atoms with Crippen molar-refractivity contribution in [1.82, 2.24) is 14.5 Å². The van der Waals surface area contributed by atoms with Gasteiger partial charge in [0.1, 0.15) is 10.7 Å². The molecule has 68 valence electrons. The smallest absolute Gasteiger partial charge is 0.143 e. The molecule has 2 heterocycles. The first-order chi connectivity index (χ1) is 6.29. The van der Waals surface area contributed by atoms with Gasteiger partial charge in [0.25, 0.3) is 0 Å². The fraction of sp³-hybridized carbons (Fsp3) is 0.250. The van der Waals surface area contributed by atoms with Crippen LogP contribution in [0.15, 0.2) is 17.9 Å². The molecule has 0 bridgehead atoms. The summed E-state index contributed by atoms with van der Waals surface area (Å²) >= 11 is 1.49. The Morgan fingerprint density at radius 3 is 3.00 bits per heavy atom. The van der Waals surface area contributed by atoms with Crippen LogP contribution in [-0.2, 0) is 13.7 Å². The van der Waals surface area contributed by atoms with Crippen LogP contribution in [0, 0.1) is 0 Å². The molecule has 4 nitrogen and oxygen atoms in total. The number of aliphatic hydroxyl groups excluding tert-OH is 1. The molecule has 0 saturated carbocycles. The SMILES string of the molecule is Cn1cnc(-c2nc(CO)cs2)c1. The largest absolute Gasteiger partial charge is 0.390 e. The summed E-state index contributed by atoms with van der Waals surface area (Å²) in [7, 11) is 1.91. The lowest BCUT2D eigenvalue weighted by Crippen LogP contribution is -1.82. The first-order valence-electron chi connectivity index (χ1n) is 3.83. The fourth-order valence-electron chi connectivity index (χ4n) is 1.02. The zero-order valence-electron chi connectivity index (χ0n) is 7.14. The van der Waals surface area contributed by atoms with Gasteiger partial charge in [-0.2, -0.15) is 0 Å². The Kier molecular flexibility index (Phi) is 2.12. The summed E-state index contributed by atoms with van der Waals surface area (Å²) in [6.07, 6.45) is 3.63. The summed E-state index contributed by atoms with van der Waals surface area (Å²) in [5, 5.41) is 11.5. The van der Waals surface area contributed by atoms with E-state index in [4.69, 9.17) is 5.11 Å². The molecular formula is C8H9N3OS. The number of imidazole rings is 1. The highest BCUT2D eigenvalue weighted by atomic mass is 32.1. The number of aryl methyl sites for hydroxylation is 1. The minimum absolute atomic E-state index is 0.0106. The van der Waals surface area contributed by atoms with Crippen molar-refractivity contribution >= 4 is 11.3 Å². The predicted molar refractivity (Wildman–Crippen MR) is 50.2 cm³/mol. The topological polar surface area (TPSA) is 50.9 Å². The zero-order valence-corrected chi connectivity index (χ0v) is 7.95. The summed E-state index contributed by atoms with van der Waals surface area (Å²) in [6, 6.07) is 0. The molecule has 1 N–H and O–H groups in total. The van der Waals surface area contributed by atoms with Gasteiger partial charge in [0.15, 0.2) is 0 Å². The van der Waals surface area contributed by atoms with Gasteiger partial charge in [0.05, 0.1) is 18.6 Å². The molecule has 2 rings (SSSR count). The van der Waals surface area contributed by atoms with E-state index in [2.05, 4.69) is 9.97 Å². The van der Waals surface area contributed by atoms with E-state index in [0.717, 1.165) is 10.7 Å². The van der Waals surface area contributed by atoms with Crippen molar-refractivity contribution in [3.63, 3.8) is 0 Å². The number of thiazole rings is 1. The molecule has 13 heavy (non-hydrogen) atoms. The van der Waals surface area contributed by atoms with Crippen LogP contribution < -0.4 is 0 Å². The van der Waals surface area contributed by atoms with Gasteiger partial charge in [-0.25, -0.2) is 9.97 Å². The molecule has 0 atom stereocenters. The van der Waals surface area contributed by atoms with Gasteiger partial charge >= 0.3 is 0 Å². The predicted octanol–water partition coefficient (Wildman–Crippen LogP) is 1.04. The molecular weight excluding hydrogens is 186 g/mol. The van der Waals surface area contributed by atoms with Gasteiger partial charge in [-0.3, -0.25) is 0 Å². The van der Waals surface area contributed by atoms with E-state index < -0.39 is 0 Å². The molecule has 2 aromatic rings. The van der Waals surface area contributed by atoms with Crippen LogP contribution in [-0.4, -0.2) is 19.6 Å². The molecule has 0 aliphatic rings. The summed E-state index contributed by atoms with van der Waals surface area (Å²) < 4.78 is 1.87. The van der Waals surface area contributed by atoms with E-state index in [1.54, 1.807) is 6.33 Å². The Labute approximate surface area is 79.5 Å². The summed E-state index contributed by atoms with van der Waals surface area (Å²) in [5.74, 6) is 0. The summed E-state index contributed by atoms with van der Waals surface area (Å²) in [5.41, 5.74) is 1.55. The third-order valence-electron chi connectivity index (χ3n) is 1.64. The molecule has 2 aromatic heterocycles. The average molecular weight is 195 g/mol. The number of aromatic nitrogens is 3. The second-order valence-corrected chi connectivity index (χ2v) is 3.58. The Hall–Kier alpha value is -1.20. The molecule has 0 saturated heterocycles. The van der Waals surface area contributed by atoms with Crippen molar-refractivity contribution in [2.45, 2.75) is 6.61 Å². The maximum absolute atomic E-state index is 8.82. The Bertz CT molecular complexity index is 407. The molecule has 0 fully saturated rings. The standard InChI is InChI=1S/C8H9N3OS/c1-11-2-7(9-5-11)8-10-6(3-12)4-13-8/h2,4-5,12H,3H2,1H3. The highest BCUT2D eigenvalue weighted by Crippen LogP contribution is 2.21. The average Bonchev–Trinajstić information content (AvgIpc) is 2.71. The number of hydrogen-bond donors (Lipinski definition) is 1. The van der Waals surface area contributed by atoms with Crippen LogP contribution in [0.1, 0.15) is 5.69 Å². The highest BCUT2D eigenvalue weighted by Gasteiger charge is 2.05. The minimum Gasteiger partial charge on any atom is -0.390 e. The maximum atomic E-state index is 8.82. The summed E-state index contributed by atoms with van der Waals surface area (Å²) in [4.78, 5) is 8.37. The summed E-state index contributed by atoms with van der Waals surface area (Å²) in [6.45, 7) is -0.0106. The number of nitrogens with zero attached hydrogens (tertiary/aromatic N) is 3. The van der Waals surface area contributed by atoms with E-state index >= 15 is 0 Å². The maximum Gasteiger partial charge on any atom is 0.143 e. The van der Waals surface area contributed by atoms with Crippen LogP contribution >= 0.6 is 11.3 Å². The monoisotopic (exact) mass is 195 g/mol. The van der Waals surface area contributed by atoms with Crippen molar-refractivity contribution in [3.8, 4) is 10.7 Å². The lowest BCUT2D eigenvalue weighted by Gasteiger charge is -1.86. The van der Waals surface area contributed by atoms with Crippen molar-refractivity contribution < 1.29 is 5.11 Å². The second kappa shape index (κ2) is 3.27. The molecule has 0 aliphatic heterocycles. The Balaban J connectivity index is 2.35. The quantitative estimate of drug-likeness (QED) is 0.778. The Morgan fingerprint density at radius 1 is 1.62 bits per heavy atom. The van der Waals surface area contributed by atoms with Crippen LogP contribution in [0.4, 0.5) is 0 Å². The highest BCUT2D eigenvalue weighted by molar-refractivity contribution is 7.13. The first-order valence-corrected chi connectivity index (χ1v) is 4.71. The molecule has 0 amide bonds. The van der Waals surface area contributed by atoms with Crippen LogP contribution in [0.5, 0.6) is 0 Å². The first kappa shape index (κ1) is 8.40. The third kappa shape index (κ3) is 1.61. The lowest BCUT2D eigenvalue weighted by molar-refractivity contribution is 0.278. The van der Waals surface area contributed by atoms with E-state index in [1.807, 2.05) is 23.2 Å². The zero-order chi connectivity index (χ0) is 9.26. The van der Waals surface area contributed by atoms with Crippen LogP contribution in [0.2, 0.25) is 0 Å². The number of hydrogen-bond acceptors (Lipinski definition) is 4. The van der Waals surface area contributed by atoms with Gasteiger partial charge in [0.2, 0.25) is 0 Å². The van der Waals surface area contributed by atoms with Crippen molar-refractivity contribution in [2.24, 2.45) is 7.05 Å². The third-order valence-corrected chi connectivity index (χ3v) is 2.55. The van der Waals surface area contributed by atoms with E-state index in [1.165, 1.54) is 11.3 Å². The molecule has 0 aliphatic carbocycles. The van der Waals surface area contributed by atoms with Gasteiger partial charge in [-0.15, -0.1) is 11.3 Å². The molecule has 0 aromatic carbocycles. The van der Waals surface area contributed by atoms with Crippen LogP contribution in [0.25, 0.3) is 10.7 Å². The van der Waals surface area contributed by atoms with E-state index in [9.17, 15) is 0 Å². The molecule has 0 spiro atoms. The lowest BCUT2D eigenvalue weighted by atomic mass is 10.5. The second-order valence-electron chi connectivity index (χ2n) is 2.73. The van der Waals surface area contributed by atoms with E-state index in [-0.39, 0.29) is 6.61 Å². The molecule has 0 radical (unpaired) electrons. The minimum atomic E-state index is -0.0106.